The minimum atomic E-state index is -0.157. The van der Waals surface area contributed by atoms with Crippen molar-refractivity contribution < 1.29 is 4.79 Å². The Morgan fingerprint density at radius 3 is 2.80 bits per heavy atom. The zero-order chi connectivity index (χ0) is 14.4. The number of carbonyl (C=O) groups is 1. The average molecular weight is 280 g/mol. The van der Waals surface area contributed by atoms with Crippen LogP contribution in [0.4, 0.5) is 5.82 Å². The fourth-order valence-corrected chi connectivity index (χ4v) is 2.31. The smallest absolute Gasteiger partial charge is 0.256 e. The van der Waals surface area contributed by atoms with Crippen LogP contribution < -0.4 is 11.1 Å². The molecule has 0 spiro atoms. The number of aromatic nitrogens is 2. The van der Waals surface area contributed by atoms with E-state index in [1.54, 1.807) is 0 Å². The third kappa shape index (κ3) is 4.21. The zero-order valence-electron chi connectivity index (χ0n) is 12.1. The first-order chi connectivity index (χ1) is 9.66. The van der Waals surface area contributed by atoms with Gasteiger partial charge in [0.15, 0.2) is 0 Å². The molecule has 0 atom stereocenters. The van der Waals surface area contributed by atoms with E-state index >= 15 is 0 Å². The van der Waals surface area contributed by atoms with Gasteiger partial charge in [-0.1, -0.05) is 0 Å². The molecule has 7 nitrogen and oxygen atoms in total. The molecule has 2 heterocycles. The second-order valence-corrected chi connectivity index (χ2v) is 5.31. The summed E-state index contributed by atoms with van der Waals surface area (Å²) in [4.78, 5) is 16.6. The van der Waals surface area contributed by atoms with E-state index in [0.29, 0.717) is 17.9 Å². The van der Waals surface area contributed by atoms with Gasteiger partial charge < -0.3 is 20.9 Å². The van der Waals surface area contributed by atoms with Crippen LogP contribution in [0.2, 0.25) is 0 Å². The molecule has 0 radical (unpaired) electrons. The lowest BCUT2D eigenvalue weighted by atomic mass is 10.2. The molecule has 0 saturated carbocycles. The molecule has 0 bridgehead atoms. The van der Waals surface area contributed by atoms with Crippen LogP contribution in [0, 0.1) is 0 Å². The fraction of sp³-hybridized carbons (Fsp3) is 0.692. The number of nitrogens with two attached hydrogens (primary N) is 1. The van der Waals surface area contributed by atoms with Gasteiger partial charge in [0.25, 0.3) is 5.91 Å². The number of nitrogen functional groups attached to an aromatic ring is 1. The van der Waals surface area contributed by atoms with Crippen LogP contribution in [0.5, 0.6) is 0 Å². The fourth-order valence-electron chi connectivity index (χ4n) is 2.31. The Balaban J connectivity index is 1.56. The second-order valence-electron chi connectivity index (χ2n) is 5.31. The summed E-state index contributed by atoms with van der Waals surface area (Å²) in [6, 6.07) is 0. The van der Waals surface area contributed by atoms with Gasteiger partial charge in [-0.2, -0.15) is 5.10 Å². The van der Waals surface area contributed by atoms with Gasteiger partial charge in [0.05, 0.1) is 6.20 Å². The summed E-state index contributed by atoms with van der Waals surface area (Å²) < 4.78 is 0. The van der Waals surface area contributed by atoms with Gasteiger partial charge in [-0.05, 0) is 26.4 Å². The summed E-state index contributed by atoms with van der Waals surface area (Å²) >= 11 is 0. The predicted octanol–water partition coefficient (Wildman–Crippen LogP) is -0.251. The quantitative estimate of drug-likeness (QED) is 0.625. The summed E-state index contributed by atoms with van der Waals surface area (Å²) in [6.07, 6.45) is 3.54. The second kappa shape index (κ2) is 7.25. The number of aromatic amines is 1. The molecule has 1 aromatic rings. The molecule has 1 aliphatic heterocycles. The van der Waals surface area contributed by atoms with Gasteiger partial charge >= 0.3 is 0 Å². The van der Waals surface area contributed by atoms with Crippen molar-refractivity contribution in [3.63, 3.8) is 0 Å². The third-order valence-electron chi connectivity index (χ3n) is 3.70. The van der Waals surface area contributed by atoms with E-state index in [1.807, 2.05) is 0 Å². The van der Waals surface area contributed by atoms with Gasteiger partial charge in [0.1, 0.15) is 11.4 Å². The largest absolute Gasteiger partial charge is 0.383 e. The highest BCUT2D eigenvalue weighted by Gasteiger charge is 2.13. The van der Waals surface area contributed by atoms with Crippen LogP contribution >= 0.6 is 0 Å². The molecule has 1 amide bonds. The van der Waals surface area contributed by atoms with Crippen LogP contribution in [-0.4, -0.2) is 72.2 Å². The van der Waals surface area contributed by atoms with E-state index in [0.717, 1.165) is 45.6 Å². The molecule has 2 rings (SSSR count). The Morgan fingerprint density at radius 2 is 2.15 bits per heavy atom. The molecule has 112 valence electrons. The molecule has 1 aliphatic rings. The van der Waals surface area contributed by atoms with E-state index in [1.165, 1.54) is 6.20 Å². The van der Waals surface area contributed by atoms with Crippen molar-refractivity contribution in [2.75, 3.05) is 52.0 Å². The van der Waals surface area contributed by atoms with Crippen molar-refractivity contribution in [2.45, 2.75) is 12.8 Å². The molecule has 20 heavy (non-hydrogen) atoms. The van der Waals surface area contributed by atoms with E-state index in [4.69, 9.17) is 5.73 Å². The first-order valence-corrected chi connectivity index (χ1v) is 7.15. The number of carbonyl (C=O) groups excluding carboxylic acids is 1. The lowest BCUT2D eigenvalue weighted by Crippen LogP contribution is -2.44. The topological polar surface area (TPSA) is 90.3 Å². The minimum absolute atomic E-state index is 0.157. The molecule has 0 aromatic carbocycles. The van der Waals surface area contributed by atoms with Gasteiger partial charge in [-0.15, -0.1) is 0 Å². The lowest BCUT2D eigenvalue weighted by molar-refractivity contribution is 0.0953. The van der Waals surface area contributed by atoms with E-state index in [-0.39, 0.29) is 5.91 Å². The highest BCUT2D eigenvalue weighted by molar-refractivity contribution is 5.97. The van der Waals surface area contributed by atoms with Gasteiger partial charge in [-0.3, -0.25) is 9.89 Å². The predicted molar refractivity (Wildman–Crippen MR) is 78.5 cm³/mol. The molecule has 7 heteroatoms. The van der Waals surface area contributed by atoms with E-state index in [2.05, 4.69) is 32.4 Å². The van der Waals surface area contributed by atoms with Crippen LogP contribution in [-0.2, 0) is 0 Å². The van der Waals surface area contributed by atoms with Crippen molar-refractivity contribution in [1.29, 1.82) is 0 Å². The molecule has 1 saturated heterocycles. The van der Waals surface area contributed by atoms with Gasteiger partial charge in [0, 0.05) is 32.7 Å². The number of amides is 1. The molecule has 1 aromatic heterocycles. The molecular formula is C13H24N6O. The normalized spacial score (nSPS) is 17.2. The van der Waals surface area contributed by atoms with Crippen molar-refractivity contribution >= 4 is 11.7 Å². The Kier molecular flexibility index (Phi) is 5.37. The molecular weight excluding hydrogens is 256 g/mol. The van der Waals surface area contributed by atoms with Crippen molar-refractivity contribution in [3.8, 4) is 0 Å². The SMILES string of the molecule is CN1CCN(CCCCNC(=O)c2cn[nH]c2N)CC1. The van der Waals surface area contributed by atoms with Crippen LogP contribution in [0.1, 0.15) is 23.2 Å². The Hall–Kier alpha value is -1.60. The van der Waals surface area contributed by atoms with Crippen molar-refractivity contribution in [1.82, 2.24) is 25.3 Å². The molecule has 4 N–H and O–H groups in total. The summed E-state index contributed by atoms with van der Waals surface area (Å²) in [6.45, 7) is 6.38. The number of hydrogen-bond donors (Lipinski definition) is 3. The maximum absolute atomic E-state index is 11.8. The van der Waals surface area contributed by atoms with Gasteiger partial charge in [0.2, 0.25) is 0 Å². The third-order valence-corrected chi connectivity index (χ3v) is 3.70. The average Bonchev–Trinajstić information content (AvgIpc) is 2.86. The van der Waals surface area contributed by atoms with Crippen LogP contribution in [0.3, 0.4) is 0 Å². The Labute approximate surface area is 119 Å². The number of likely N-dealkylation sites (N-methyl/N-ethyl adjacent to an activating group) is 1. The maximum atomic E-state index is 11.8. The van der Waals surface area contributed by atoms with Crippen molar-refractivity contribution in [2.24, 2.45) is 0 Å². The Bertz CT molecular complexity index is 424. The summed E-state index contributed by atoms with van der Waals surface area (Å²) in [5.74, 6) is 0.163. The number of rotatable bonds is 6. The summed E-state index contributed by atoms with van der Waals surface area (Å²) in [7, 11) is 2.16. The van der Waals surface area contributed by atoms with E-state index < -0.39 is 0 Å². The van der Waals surface area contributed by atoms with Gasteiger partial charge in [-0.25, -0.2) is 0 Å². The Morgan fingerprint density at radius 1 is 1.40 bits per heavy atom. The zero-order valence-corrected chi connectivity index (χ0v) is 12.1. The number of nitrogens with zero attached hydrogens (tertiary/aromatic N) is 3. The van der Waals surface area contributed by atoms with E-state index in [9.17, 15) is 4.79 Å². The molecule has 0 aliphatic carbocycles. The summed E-state index contributed by atoms with van der Waals surface area (Å²) in [5.41, 5.74) is 6.01. The number of anilines is 1. The monoisotopic (exact) mass is 280 g/mol. The highest BCUT2D eigenvalue weighted by atomic mass is 16.1. The van der Waals surface area contributed by atoms with Crippen LogP contribution in [0.25, 0.3) is 0 Å². The van der Waals surface area contributed by atoms with Crippen LogP contribution in [0.15, 0.2) is 6.20 Å². The minimum Gasteiger partial charge on any atom is -0.383 e. The maximum Gasteiger partial charge on any atom is 0.256 e. The first-order valence-electron chi connectivity index (χ1n) is 7.15. The first kappa shape index (κ1) is 14.8. The summed E-state index contributed by atoms with van der Waals surface area (Å²) in [5, 5.41) is 9.15. The number of unbranched alkanes of at least 4 members (excludes halogenated alkanes) is 1. The number of hydrogen-bond acceptors (Lipinski definition) is 5. The highest BCUT2D eigenvalue weighted by Crippen LogP contribution is 2.05. The standard InChI is InChI=1S/C13H24N6O/c1-18-6-8-19(9-7-18)5-3-2-4-15-13(20)11-10-16-17-12(11)14/h10H,2-9H2,1H3,(H,15,20)(H3,14,16,17). The number of nitrogens with one attached hydrogen (secondary N) is 2. The van der Waals surface area contributed by atoms with Crippen molar-refractivity contribution in [3.05, 3.63) is 11.8 Å². The molecule has 0 unspecified atom stereocenters. The number of H-pyrrole nitrogens is 1. The number of piperazine rings is 1. The lowest BCUT2D eigenvalue weighted by Gasteiger charge is -2.32. The molecule has 1 fully saturated rings.